The van der Waals surface area contributed by atoms with Crippen molar-refractivity contribution in [2.24, 2.45) is 11.7 Å². The van der Waals surface area contributed by atoms with Gasteiger partial charge in [0.15, 0.2) is 0 Å². The maximum absolute atomic E-state index is 12.3. The van der Waals surface area contributed by atoms with Gasteiger partial charge in [0, 0.05) is 32.1 Å². The Bertz CT molecular complexity index is 308. The van der Waals surface area contributed by atoms with E-state index in [2.05, 4.69) is 11.8 Å². The molecule has 0 spiro atoms. The third-order valence-corrected chi connectivity index (χ3v) is 4.97. The van der Waals surface area contributed by atoms with Gasteiger partial charge < -0.3 is 10.6 Å². The first-order chi connectivity index (χ1) is 9.11. The average Bonchev–Trinajstić information content (AvgIpc) is 2.99. The lowest BCUT2D eigenvalue weighted by Crippen LogP contribution is -2.42. The zero-order valence-corrected chi connectivity index (χ0v) is 12.5. The Morgan fingerprint density at radius 3 is 2.74 bits per heavy atom. The largest absolute Gasteiger partial charge is 0.344 e. The highest BCUT2D eigenvalue weighted by molar-refractivity contribution is 5.76. The van der Waals surface area contributed by atoms with Crippen LogP contribution in [0.25, 0.3) is 0 Å². The predicted molar refractivity (Wildman–Crippen MR) is 77.8 cm³/mol. The first-order valence-electron chi connectivity index (χ1n) is 7.85. The standard InChI is InChI=1S/C15H29N3O/c1-3-18-9-5-7-13(18)11-17(2)15(19)10-12-6-4-8-14(12)16/h12-14H,3-11,16H2,1-2H3/t12-,13?,14+/m0/s1. The number of likely N-dealkylation sites (tertiary alicyclic amines) is 1. The molecule has 1 saturated carbocycles. The molecule has 19 heavy (non-hydrogen) atoms. The van der Waals surface area contributed by atoms with Crippen LogP contribution in [0.5, 0.6) is 0 Å². The molecule has 110 valence electrons. The Balaban J connectivity index is 1.78. The van der Waals surface area contributed by atoms with E-state index < -0.39 is 0 Å². The maximum atomic E-state index is 12.3. The zero-order chi connectivity index (χ0) is 13.8. The molecule has 4 nitrogen and oxygen atoms in total. The van der Waals surface area contributed by atoms with Gasteiger partial charge in [0.05, 0.1) is 0 Å². The quantitative estimate of drug-likeness (QED) is 0.820. The van der Waals surface area contributed by atoms with Gasteiger partial charge in [-0.1, -0.05) is 13.3 Å². The Morgan fingerprint density at radius 2 is 2.11 bits per heavy atom. The van der Waals surface area contributed by atoms with Crippen LogP contribution in [0, 0.1) is 5.92 Å². The van der Waals surface area contributed by atoms with Crippen LogP contribution < -0.4 is 5.73 Å². The topological polar surface area (TPSA) is 49.6 Å². The molecule has 0 bridgehead atoms. The normalized spacial score (nSPS) is 31.8. The van der Waals surface area contributed by atoms with E-state index in [4.69, 9.17) is 5.73 Å². The highest BCUT2D eigenvalue weighted by Crippen LogP contribution is 2.27. The van der Waals surface area contributed by atoms with Crippen LogP contribution in [0.2, 0.25) is 0 Å². The summed E-state index contributed by atoms with van der Waals surface area (Å²) in [6.45, 7) is 5.38. The number of hydrogen-bond donors (Lipinski definition) is 1. The fourth-order valence-electron chi connectivity index (χ4n) is 3.64. The van der Waals surface area contributed by atoms with Gasteiger partial charge in [-0.25, -0.2) is 0 Å². The van der Waals surface area contributed by atoms with E-state index in [9.17, 15) is 4.79 Å². The van der Waals surface area contributed by atoms with E-state index in [0.29, 0.717) is 18.4 Å². The Hall–Kier alpha value is -0.610. The van der Waals surface area contributed by atoms with E-state index in [1.807, 2.05) is 11.9 Å². The second-order valence-electron chi connectivity index (χ2n) is 6.26. The van der Waals surface area contributed by atoms with Gasteiger partial charge in [-0.15, -0.1) is 0 Å². The van der Waals surface area contributed by atoms with E-state index >= 15 is 0 Å². The van der Waals surface area contributed by atoms with Crippen LogP contribution in [-0.4, -0.2) is 54.5 Å². The summed E-state index contributed by atoms with van der Waals surface area (Å²) in [4.78, 5) is 16.7. The first kappa shape index (κ1) is 14.8. The summed E-state index contributed by atoms with van der Waals surface area (Å²) in [5.41, 5.74) is 6.06. The molecule has 4 heteroatoms. The lowest BCUT2D eigenvalue weighted by atomic mass is 9.99. The van der Waals surface area contributed by atoms with E-state index in [0.717, 1.165) is 25.9 Å². The Kier molecular flexibility index (Phi) is 5.22. The minimum atomic E-state index is 0.246. The van der Waals surface area contributed by atoms with Crippen molar-refractivity contribution >= 4 is 5.91 Å². The fourth-order valence-corrected chi connectivity index (χ4v) is 3.64. The van der Waals surface area contributed by atoms with E-state index in [-0.39, 0.29) is 11.9 Å². The average molecular weight is 267 g/mol. The Morgan fingerprint density at radius 1 is 1.32 bits per heavy atom. The monoisotopic (exact) mass is 267 g/mol. The van der Waals surface area contributed by atoms with Crippen molar-refractivity contribution in [2.75, 3.05) is 26.7 Å². The molecule has 0 aromatic heterocycles. The molecule has 0 aromatic rings. The number of likely N-dealkylation sites (N-methyl/N-ethyl adjacent to an activating group) is 2. The molecule has 2 fully saturated rings. The number of nitrogens with zero attached hydrogens (tertiary/aromatic N) is 2. The molecule has 1 heterocycles. The molecule has 2 aliphatic rings. The molecule has 1 saturated heterocycles. The minimum absolute atomic E-state index is 0.246. The van der Waals surface area contributed by atoms with Crippen LogP contribution in [-0.2, 0) is 4.79 Å². The van der Waals surface area contributed by atoms with Gasteiger partial charge in [0.25, 0.3) is 0 Å². The first-order valence-corrected chi connectivity index (χ1v) is 7.85. The van der Waals surface area contributed by atoms with Gasteiger partial charge in [0.1, 0.15) is 0 Å². The van der Waals surface area contributed by atoms with Crippen LogP contribution in [0.4, 0.5) is 0 Å². The second kappa shape index (κ2) is 6.71. The molecule has 1 aliphatic carbocycles. The van der Waals surface area contributed by atoms with Gasteiger partial charge in [-0.2, -0.15) is 0 Å². The zero-order valence-electron chi connectivity index (χ0n) is 12.5. The number of carbonyl (C=O) groups excluding carboxylic acids is 1. The number of nitrogens with two attached hydrogens (primary N) is 1. The summed E-state index contributed by atoms with van der Waals surface area (Å²) in [5, 5.41) is 0. The number of carbonyl (C=O) groups is 1. The van der Waals surface area contributed by atoms with Crippen molar-refractivity contribution in [3.8, 4) is 0 Å². The summed E-state index contributed by atoms with van der Waals surface area (Å²) in [6, 6.07) is 0.812. The molecule has 0 radical (unpaired) electrons. The Labute approximate surface area is 117 Å². The molecule has 2 rings (SSSR count). The highest BCUT2D eigenvalue weighted by Gasteiger charge is 2.29. The molecule has 1 unspecified atom stereocenters. The SMILES string of the molecule is CCN1CCCC1CN(C)C(=O)C[C@@H]1CCC[C@H]1N. The lowest BCUT2D eigenvalue weighted by molar-refractivity contribution is -0.131. The predicted octanol–water partition coefficient (Wildman–Crippen LogP) is 1.45. The minimum Gasteiger partial charge on any atom is -0.344 e. The second-order valence-corrected chi connectivity index (χ2v) is 6.26. The summed E-state index contributed by atoms with van der Waals surface area (Å²) < 4.78 is 0. The molecule has 1 aliphatic heterocycles. The number of amides is 1. The molecule has 1 amide bonds. The molecule has 0 aromatic carbocycles. The molecular formula is C15H29N3O. The maximum Gasteiger partial charge on any atom is 0.222 e. The van der Waals surface area contributed by atoms with Crippen LogP contribution in [0.1, 0.15) is 45.4 Å². The van der Waals surface area contributed by atoms with Gasteiger partial charge in [-0.3, -0.25) is 9.69 Å². The van der Waals surface area contributed by atoms with Crippen molar-refractivity contribution in [1.82, 2.24) is 9.80 Å². The summed E-state index contributed by atoms with van der Waals surface area (Å²) >= 11 is 0. The van der Waals surface area contributed by atoms with Crippen LogP contribution in [0.3, 0.4) is 0 Å². The number of hydrogen-bond acceptors (Lipinski definition) is 3. The highest BCUT2D eigenvalue weighted by atomic mass is 16.2. The molecule has 2 N–H and O–H groups in total. The van der Waals surface area contributed by atoms with Crippen molar-refractivity contribution in [1.29, 1.82) is 0 Å². The van der Waals surface area contributed by atoms with Crippen LogP contribution >= 0.6 is 0 Å². The molecular weight excluding hydrogens is 238 g/mol. The fraction of sp³-hybridized carbons (Fsp3) is 0.933. The number of rotatable bonds is 5. The van der Waals surface area contributed by atoms with Crippen molar-refractivity contribution in [3.05, 3.63) is 0 Å². The lowest BCUT2D eigenvalue weighted by Gasteiger charge is -2.28. The van der Waals surface area contributed by atoms with Crippen molar-refractivity contribution in [3.63, 3.8) is 0 Å². The smallest absolute Gasteiger partial charge is 0.222 e. The molecule has 3 atom stereocenters. The van der Waals surface area contributed by atoms with Crippen molar-refractivity contribution in [2.45, 2.75) is 57.5 Å². The van der Waals surface area contributed by atoms with E-state index in [1.54, 1.807) is 0 Å². The van der Waals surface area contributed by atoms with E-state index in [1.165, 1.54) is 25.8 Å². The third kappa shape index (κ3) is 3.69. The summed E-state index contributed by atoms with van der Waals surface area (Å²) in [5.74, 6) is 0.700. The van der Waals surface area contributed by atoms with Gasteiger partial charge in [0.2, 0.25) is 5.91 Å². The van der Waals surface area contributed by atoms with Crippen molar-refractivity contribution < 1.29 is 4.79 Å². The van der Waals surface area contributed by atoms with Gasteiger partial charge in [-0.05, 0) is 44.7 Å². The summed E-state index contributed by atoms with van der Waals surface area (Å²) in [7, 11) is 1.95. The third-order valence-electron chi connectivity index (χ3n) is 4.97. The summed E-state index contributed by atoms with van der Waals surface area (Å²) in [6.07, 6.45) is 6.56. The van der Waals surface area contributed by atoms with Gasteiger partial charge >= 0.3 is 0 Å². The van der Waals surface area contributed by atoms with Crippen LogP contribution in [0.15, 0.2) is 0 Å².